The van der Waals surface area contributed by atoms with Crippen LogP contribution >= 0.6 is 0 Å². The van der Waals surface area contributed by atoms with Gasteiger partial charge < -0.3 is 15.0 Å². The number of hydrogen-bond donors (Lipinski definition) is 1. The fourth-order valence-electron chi connectivity index (χ4n) is 4.24. The highest BCUT2D eigenvalue weighted by molar-refractivity contribution is 5.99. The number of benzene rings is 1. The molecular weight excluding hydrogens is 399 g/mol. The van der Waals surface area contributed by atoms with Crippen LogP contribution in [-0.4, -0.2) is 67.2 Å². The fraction of sp³-hybridized carbons (Fsp3) is 0.619. The summed E-state index contributed by atoms with van der Waals surface area (Å²) in [6, 6.07) is 3.75. The number of carbonyl (C=O) groups excluding carboxylic acids is 2. The quantitative estimate of drug-likeness (QED) is 0.785. The summed E-state index contributed by atoms with van der Waals surface area (Å²) in [5, 5.41) is 2.78. The van der Waals surface area contributed by atoms with Crippen LogP contribution in [0.1, 0.15) is 48.0 Å². The monoisotopic (exact) mass is 427 g/mol. The standard InChI is InChI=1S/C21H28F3N3O3/c1-26(2)13-12-25-18(28)17-14-30-20(10-6-3-7-11-20)27(17)19(29)15-8-4-5-9-16(15)21(22,23)24/h4-5,8-9,17H,3,6-7,10-14H2,1-2H3,(H,25,28). The molecule has 1 aromatic rings. The molecule has 9 heteroatoms. The van der Waals surface area contributed by atoms with Gasteiger partial charge in [-0.2, -0.15) is 13.2 Å². The average molecular weight is 427 g/mol. The topological polar surface area (TPSA) is 61.9 Å². The van der Waals surface area contributed by atoms with Crippen molar-refractivity contribution < 1.29 is 27.5 Å². The lowest BCUT2D eigenvalue weighted by Gasteiger charge is -2.41. The van der Waals surface area contributed by atoms with Gasteiger partial charge in [0.05, 0.1) is 17.7 Å². The molecule has 1 unspecified atom stereocenters. The summed E-state index contributed by atoms with van der Waals surface area (Å²) in [5.74, 6) is -1.22. The Balaban J connectivity index is 1.93. The zero-order valence-corrected chi connectivity index (χ0v) is 17.3. The number of carbonyl (C=O) groups is 2. The van der Waals surface area contributed by atoms with Gasteiger partial charge in [0, 0.05) is 13.1 Å². The van der Waals surface area contributed by atoms with Gasteiger partial charge in [-0.15, -0.1) is 0 Å². The van der Waals surface area contributed by atoms with Gasteiger partial charge in [-0.3, -0.25) is 14.5 Å². The van der Waals surface area contributed by atoms with Crippen LogP contribution in [-0.2, 0) is 15.7 Å². The number of alkyl halides is 3. The van der Waals surface area contributed by atoms with Crippen molar-refractivity contribution in [2.75, 3.05) is 33.8 Å². The van der Waals surface area contributed by atoms with Gasteiger partial charge in [-0.05, 0) is 51.9 Å². The number of ether oxygens (including phenoxy) is 1. The van der Waals surface area contributed by atoms with E-state index < -0.39 is 40.9 Å². The molecule has 166 valence electrons. The summed E-state index contributed by atoms with van der Waals surface area (Å²) in [5.41, 5.74) is -2.48. The van der Waals surface area contributed by atoms with Gasteiger partial charge in [0.15, 0.2) is 0 Å². The first-order valence-corrected chi connectivity index (χ1v) is 10.2. The molecule has 3 rings (SSSR count). The van der Waals surface area contributed by atoms with Crippen LogP contribution in [0.4, 0.5) is 13.2 Å². The van der Waals surface area contributed by atoms with E-state index in [-0.39, 0.29) is 6.61 Å². The van der Waals surface area contributed by atoms with E-state index in [1.165, 1.54) is 23.1 Å². The number of halogens is 3. The van der Waals surface area contributed by atoms with Crippen molar-refractivity contribution in [3.8, 4) is 0 Å². The number of hydrogen-bond acceptors (Lipinski definition) is 4. The Labute approximate surface area is 174 Å². The first-order valence-electron chi connectivity index (χ1n) is 10.2. The van der Waals surface area contributed by atoms with E-state index in [2.05, 4.69) is 5.32 Å². The zero-order chi connectivity index (χ0) is 21.9. The van der Waals surface area contributed by atoms with Crippen LogP contribution in [0.15, 0.2) is 24.3 Å². The number of amides is 2. The Hall–Kier alpha value is -2.13. The second kappa shape index (κ2) is 8.93. The van der Waals surface area contributed by atoms with E-state index in [4.69, 9.17) is 4.74 Å². The molecule has 1 aromatic carbocycles. The Bertz CT molecular complexity index is 776. The molecule has 0 radical (unpaired) electrons. The highest BCUT2D eigenvalue weighted by Gasteiger charge is 2.53. The molecule has 1 aliphatic heterocycles. The van der Waals surface area contributed by atoms with E-state index in [0.717, 1.165) is 25.3 Å². The number of rotatable bonds is 5. The predicted molar refractivity (Wildman–Crippen MR) is 105 cm³/mol. The highest BCUT2D eigenvalue weighted by atomic mass is 19.4. The molecule has 2 aliphatic rings. The van der Waals surface area contributed by atoms with Crippen LogP contribution in [0.25, 0.3) is 0 Å². The third-order valence-corrected chi connectivity index (χ3v) is 5.74. The molecule has 30 heavy (non-hydrogen) atoms. The third-order valence-electron chi connectivity index (χ3n) is 5.74. The Morgan fingerprint density at radius 3 is 2.50 bits per heavy atom. The summed E-state index contributed by atoms with van der Waals surface area (Å²) in [7, 11) is 3.73. The molecule has 1 saturated heterocycles. The van der Waals surface area contributed by atoms with Crippen LogP contribution in [0.3, 0.4) is 0 Å². The molecule has 1 N–H and O–H groups in total. The first-order chi connectivity index (χ1) is 14.2. The van der Waals surface area contributed by atoms with Gasteiger partial charge in [-0.1, -0.05) is 18.6 Å². The van der Waals surface area contributed by atoms with Crippen LogP contribution in [0.5, 0.6) is 0 Å². The van der Waals surface area contributed by atoms with Crippen molar-refractivity contribution in [2.24, 2.45) is 0 Å². The Morgan fingerprint density at radius 2 is 1.87 bits per heavy atom. The van der Waals surface area contributed by atoms with Crippen molar-refractivity contribution in [3.63, 3.8) is 0 Å². The largest absolute Gasteiger partial charge is 0.417 e. The summed E-state index contributed by atoms with van der Waals surface area (Å²) in [4.78, 5) is 29.5. The van der Waals surface area contributed by atoms with Crippen LogP contribution < -0.4 is 5.32 Å². The normalized spacial score (nSPS) is 21.3. The zero-order valence-electron chi connectivity index (χ0n) is 17.3. The lowest BCUT2D eigenvalue weighted by molar-refractivity contribution is -0.138. The van der Waals surface area contributed by atoms with Crippen LogP contribution in [0, 0.1) is 0 Å². The highest BCUT2D eigenvalue weighted by Crippen LogP contribution is 2.42. The Morgan fingerprint density at radius 1 is 1.20 bits per heavy atom. The molecule has 1 aliphatic carbocycles. The minimum atomic E-state index is -4.67. The van der Waals surface area contributed by atoms with Crippen molar-refractivity contribution in [1.82, 2.24) is 15.1 Å². The van der Waals surface area contributed by atoms with Gasteiger partial charge in [0.25, 0.3) is 5.91 Å². The molecule has 1 heterocycles. The first kappa shape index (κ1) is 22.6. The summed E-state index contributed by atoms with van der Waals surface area (Å²) < 4.78 is 46.6. The predicted octanol–water partition coefficient (Wildman–Crippen LogP) is 2.88. The van der Waals surface area contributed by atoms with Gasteiger partial charge >= 0.3 is 6.18 Å². The molecule has 2 fully saturated rings. The van der Waals surface area contributed by atoms with E-state index in [1.54, 1.807) is 0 Å². The summed E-state index contributed by atoms with van der Waals surface area (Å²) in [6.45, 7) is 0.958. The van der Waals surface area contributed by atoms with Crippen molar-refractivity contribution in [3.05, 3.63) is 35.4 Å². The average Bonchev–Trinajstić information content (AvgIpc) is 3.05. The molecule has 1 saturated carbocycles. The van der Waals surface area contributed by atoms with Crippen LogP contribution in [0.2, 0.25) is 0 Å². The molecule has 0 bridgehead atoms. The van der Waals surface area contributed by atoms with Crippen molar-refractivity contribution in [1.29, 1.82) is 0 Å². The maximum atomic E-state index is 13.5. The van der Waals surface area contributed by atoms with Gasteiger partial charge in [-0.25, -0.2) is 0 Å². The summed E-state index contributed by atoms with van der Waals surface area (Å²) >= 11 is 0. The second-order valence-electron chi connectivity index (χ2n) is 8.15. The minimum Gasteiger partial charge on any atom is -0.353 e. The lowest BCUT2D eigenvalue weighted by atomic mass is 9.89. The second-order valence-corrected chi connectivity index (χ2v) is 8.15. The summed E-state index contributed by atoms with van der Waals surface area (Å²) in [6.07, 6.45) is -1.11. The number of nitrogens with one attached hydrogen (secondary N) is 1. The van der Waals surface area contributed by atoms with E-state index >= 15 is 0 Å². The van der Waals surface area contributed by atoms with E-state index in [1.807, 2.05) is 19.0 Å². The Kier molecular flexibility index (Phi) is 6.71. The minimum absolute atomic E-state index is 0.0201. The molecule has 6 nitrogen and oxygen atoms in total. The molecule has 1 atom stereocenters. The third kappa shape index (κ3) is 4.62. The van der Waals surface area contributed by atoms with E-state index in [0.29, 0.717) is 25.9 Å². The van der Waals surface area contributed by atoms with Gasteiger partial charge in [0.2, 0.25) is 5.91 Å². The lowest BCUT2D eigenvalue weighted by Crippen LogP contribution is -2.57. The maximum Gasteiger partial charge on any atom is 0.417 e. The number of nitrogens with zero attached hydrogens (tertiary/aromatic N) is 2. The molecule has 2 amide bonds. The smallest absolute Gasteiger partial charge is 0.353 e. The van der Waals surface area contributed by atoms with Crippen molar-refractivity contribution >= 4 is 11.8 Å². The molecule has 1 spiro atoms. The fourth-order valence-corrected chi connectivity index (χ4v) is 4.24. The molecule has 0 aromatic heterocycles. The SMILES string of the molecule is CN(C)CCNC(=O)C1COC2(CCCCC2)N1C(=O)c1ccccc1C(F)(F)F. The molecular formula is C21H28F3N3O3. The van der Waals surface area contributed by atoms with Gasteiger partial charge in [0.1, 0.15) is 11.8 Å². The van der Waals surface area contributed by atoms with E-state index in [9.17, 15) is 22.8 Å². The number of likely N-dealkylation sites (N-methyl/N-ethyl adjacent to an activating group) is 1. The van der Waals surface area contributed by atoms with Crippen molar-refractivity contribution in [2.45, 2.75) is 50.0 Å². The maximum absolute atomic E-state index is 13.5.